The van der Waals surface area contributed by atoms with E-state index in [-0.39, 0.29) is 30.8 Å². The van der Waals surface area contributed by atoms with Crippen molar-refractivity contribution in [3.05, 3.63) is 64.9 Å². The lowest BCUT2D eigenvalue weighted by Crippen LogP contribution is -2.38. The molecule has 1 aliphatic rings. The molecule has 2 aromatic heterocycles. The quantitative estimate of drug-likeness (QED) is 0.467. The number of nitrogens with zero attached hydrogens (tertiary/aromatic N) is 2. The van der Waals surface area contributed by atoms with E-state index >= 15 is 0 Å². The summed E-state index contributed by atoms with van der Waals surface area (Å²) in [5, 5.41) is 22.6. The van der Waals surface area contributed by atoms with Crippen LogP contribution in [0.15, 0.2) is 48.7 Å². The highest BCUT2D eigenvalue weighted by Gasteiger charge is 2.34. The van der Waals surface area contributed by atoms with Gasteiger partial charge in [-0.05, 0) is 49.2 Å². The van der Waals surface area contributed by atoms with Crippen LogP contribution >= 0.6 is 11.6 Å². The Morgan fingerprint density at radius 1 is 1.25 bits per heavy atom. The maximum Gasteiger partial charge on any atom is 0.172 e. The number of fused-ring (bicyclic) bond motifs is 1. The minimum atomic E-state index is -0.153. The van der Waals surface area contributed by atoms with Gasteiger partial charge in [0.15, 0.2) is 5.78 Å². The number of hydrogen-bond donors (Lipinski definition) is 2. The van der Waals surface area contributed by atoms with Crippen molar-refractivity contribution in [3.8, 4) is 5.75 Å². The van der Waals surface area contributed by atoms with Gasteiger partial charge in [0.1, 0.15) is 5.75 Å². The van der Waals surface area contributed by atoms with E-state index in [1.165, 1.54) is 6.20 Å². The van der Waals surface area contributed by atoms with Crippen LogP contribution in [0.1, 0.15) is 35.3 Å². The van der Waals surface area contributed by atoms with E-state index in [2.05, 4.69) is 5.10 Å². The summed E-state index contributed by atoms with van der Waals surface area (Å²) in [7, 11) is 0. The molecule has 6 nitrogen and oxygen atoms in total. The van der Waals surface area contributed by atoms with Gasteiger partial charge >= 0.3 is 0 Å². The molecule has 7 heteroatoms. The lowest BCUT2D eigenvalue weighted by Gasteiger charge is -2.35. The largest absolute Gasteiger partial charge is 0.490 e. The summed E-state index contributed by atoms with van der Waals surface area (Å²) in [6.07, 6.45) is 3.11. The number of carbonyl (C=O) groups excluding carboxylic acids is 1. The summed E-state index contributed by atoms with van der Waals surface area (Å²) in [6.45, 7) is -0.153. The van der Waals surface area contributed by atoms with Crippen molar-refractivity contribution >= 4 is 28.6 Å². The molecule has 0 aliphatic heterocycles. The Hall–Kier alpha value is -2.70. The first-order chi connectivity index (χ1) is 13.5. The summed E-state index contributed by atoms with van der Waals surface area (Å²) < 4.78 is 7.43. The molecule has 28 heavy (non-hydrogen) atoms. The smallest absolute Gasteiger partial charge is 0.172 e. The van der Waals surface area contributed by atoms with E-state index in [0.29, 0.717) is 27.5 Å². The number of aromatic nitrogens is 2. The van der Waals surface area contributed by atoms with Gasteiger partial charge < -0.3 is 15.3 Å². The van der Waals surface area contributed by atoms with E-state index in [1.807, 2.05) is 12.1 Å². The molecule has 1 fully saturated rings. The average Bonchev–Trinajstić information content (AvgIpc) is 3.10. The maximum absolute atomic E-state index is 12.7. The molecule has 0 atom stereocenters. The second-order valence-corrected chi connectivity index (χ2v) is 7.45. The lowest BCUT2D eigenvalue weighted by atomic mass is 9.77. The van der Waals surface area contributed by atoms with Gasteiger partial charge in [-0.2, -0.15) is 5.10 Å². The highest BCUT2D eigenvalue weighted by molar-refractivity contribution is 6.30. The number of ketones is 1. The van der Waals surface area contributed by atoms with Gasteiger partial charge in [-0.1, -0.05) is 17.7 Å². The summed E-state index contributed by atoms with van der Waals surface area (Å²) in [6, 6.07) is 12.6. The molecule has 144 valence electrons. The van der Waals surface area contributed by atoms with E-state index in [0.717, 1.165) is 18.6 Å². The molecule has 1 aromatic carbocycles. The zero-order valence-electron chi connectivity index (χ0n) is 15.1. The molecule has 1 aliphatic carbocycles. The summed E-state index contributed by atoms with van der Waals surface area (Å²) in [5.74, 6) is 0.703. The summed E-state index contributed by atoms with van der Waals surface area (Å²) >= 11 is 5.87. The fourth-order valence-electron chi connectivity index (χ4n) is 3.47. The lowest BCUT2D eigenvalue weighted by molar-refractivity contribution is 0.0901. The number of rotatable bonds is 7. The van der Waals surface area contributed by atoms with Crippen molar-refractivity contribution in [2.24, 2.45) is 5.92 Å². The number of carbonyl (C=O) groups is 1. The first kappa shape index (κ1) is 18.7. The van der Waals surface area contributed by atoms with Crippen molar-refractivity contribution < 1.29 is 14.6 Å². The van der Waals surface area contributed by atoms with E-state index < -0.39 is 0 Å². The van der Waals surface area contributed by atoms with Crippen LogP contribution in [-0.4, -0.2) is 32.3 Å². The van der Waals surface area contributed by atoms with Crippen LogP contribution in [0.4, 0.5) is 0 Å². The number of nitrogens with one attached hydrogen (secondary N) is 1. The van der Waals surface area contributed by atoms with Gasteiger partial charge in [0.25, 0.3) is 0 Å². The third kappa shape index (κ3) is 3.66. The molecule has 0 bridgehead atoms. The van der Waals surface area contributed by atoms with Crippen molar-refractivity contribution in [2.75, 3.05) is 0 Å². The first-order valence-electron chi connectivity index (χ1n) is 9.14. The molecular formula is C21H20ClN3O3. The first-order valence-corrected chi connectivity index (χ1v) is 9.52. The summed E-state index contributed by atoms with van der Waals surface area (Å²) in [5.41, 5.74) is 2.18. The molecule has 0 radical (unpaired) electrons. The Labute approximate surface area is 167 Å². The van der Waals surface area contributed by atoms with E-state index in [1.54, 1.807) is 34.8 Å². The van der Waals surface area contributed by atoms with Crippen molar-refractivity contribution in [2.45, 2.75) is 32.0 Å². The monoisotopic (exact) mass is 397 g/mol. The number of Topliss-reactive ketones (excluding diaryl/α,β-unsaturated/α-hetero) is 1. The topological polar surface area (TPSA) is 87.7 Å². The van der Waals surface area contributed by atoms with Gasteiger partial charge in [-0.25, -0.2) is 4.52 Å². The van der Waals surface area contributed by atoms with Gasteiger partial charge in [0, 0.05) is 23.1 Å². The van der Waals surface area contributed by atoms with Crippen LogP contribution in [0.3, 0.4) is 0 Å². The number of aliphatic hydroxyl groups is 1. The molecule has 0 unspecified atom stereocenters. The van der Waals surface area contributed by atoms with Gasteiger partial charge in [0.05, 0.1) is 35.7 Å². The molecule has 2 heterocycles. The molecule has 3 aromatic rings. The number of halogens is 1. The SMILES string of the molecule is N=C(CC(=O)c1cnn2c(CO)cccc12)C1CC(Oc2ccc(Cl)cc2)C1. The van der Waals surface area contributed by atoms with Crippen LogP contribution in [0.5, 0.6) is 5.75 Å². The van der Waals surface area contributed by atoms with Gasteiger partial charge in [0.2, 0.25) is 0 Å². The number of aliphatic hydroxyl groups excluding tert-OH is 1. The number of pyridine rings is 1. The Morgan fingerprint density at radius 3 is 2.71 bits per heavy atom. The second kappa shape index (κ2) is 7.73. The molecule has 2 N–H and O–H groups in total. The molecule has 0 saturated heterocycles. The summed E-state index contributed by atoms with van der Waals surface area (Å²) in [4.78, 5) is 12.7. The normalized spacial score (nSPS) is 18.6. The minimum Gasteiger partial charge on any atom is -0.490 e. The zero-order chi connectivity index (χ0) is 19.7. The molecule has 0 amide bonds. The molecule has 1 saturated carbocycles. The van der Waals surface area contributed by atoms with E-state index in [9.17, 15) is 9.90 Å². The second-order valence-electron chi connectivity index (χ2n) is 7.02. The standard InChI is InChI=1S/C21H20ClN3O3/c22-14-4-6-16(7-5-14)28-17-8-13(9-17)19(23)10-21(27)18-11-24-25-15(12-26)2-1-3-20(18)25/h1-7,11,13,17,23,26H,8-10,12H2. The number of hydrogen-bond acceptors (Lipinski definition) is 5. The highest BCUT2D eigenvalue weighted by Crippen LogP contribution is 2.33. The highest BCUT2D eigenvalue weighted by atomic mass is 35.5. The third-order valence-corrected chi connectivity index (χ3v) is 5.39. The zero-order valence-corrected chi connectivity index (χ0v) is 15.9. The van der Waals surface area contributed by atoms with Crippen LogP contribution in [-0.2, 0) is 6.61 Å². The van der Waals surface area contributed by atoms with Crippen molar-refractivity contribution in [1.29, 1.82) is 5.41 Å². The Morgan fingerprint density at radius 2 is 2.00 bits per heavy atom. The van der Waals surface area contributed by atoms with Gasteiger partial charge in [-0.3, -0.25) is 4.79 Å². The predicted octanol–water partition coefficient (Wildman–Crippen LogP) is 3.93. The number of benzene rings is 1. The Bertz CT molecular complexity index is 1020. The molecular weight excluding hydrogens is 378 g/mol. The Balaban J connectivity index is 1.35. The van der Waals surface area contributed by atoms with Crippen LogP contribution in [0, 0.1) is 11.3 Å². The predicted molar refractivity (Wildman–Crippen MR) is 106 cm³/mol. The number of ether oxygens (including phenoxy) is 1. The minimum absolute atomic E-state index is 0.0608. The maximum atomic E-state index is 12.7. The van der Waals surface area contributed by atoms with Crippen LogP contribution in [0.25, 0.3) is 5.52 Å². The van der Waals surface area contributed by atoms with Gasteiger partial charge in [-0.15, -0.1) is 0 Å². The van der Waals surface area contributed by atoms with Crippen molar-refractivity contribution in [3.63, 3.8) is 0 Å². The van der Waals surface area contributed by atoms with Crippen LogP contribution < -0.4 is 4.74 Å². The third-order valence-electron chi connectivity index (χ3n) is 5.14. The van der Waals surface area contributed by atoms with Crippen molar-refractivity contribution in [1.82, 2.24) is 9.61 Å². The Kier molecular flexibility index (Phi) is 5.15. The molecule has 0 spiro atoms. The van der Waals surface area contributed by atoms with E-state index in [4.69, 9.17) is 21.7 Å². The van der Waals surface area contributed by atoms with Crippen LogP contribution in [0.2, 0.25) is 5.02 Å². The molecule has 4 rings (SSSR count). The fraction of sp³-hybridized carbons (Fsp3) is 0.286. The fourth-order valence-corrected chi connectivity index (χ4v) is 3.59. The average molecular weight is 398 g/mol.